The first kappa shape index (κ1) is 13.1. The zero-order valence-corrected chi connectivity index (χ0v) is 10.7. The van der Waals surface area contributed by atoms with E-state index in [4.69, 9.17) is 17.3 Å². The standard InChI is InChI=1S/C12H16ClN3O2/c13-10-9(5-8(14)6-15-10)11(17)16-7-12(18)3-1-2-4-12/h5-6,18H,1-4,7,14H2,(H,16,17). The molecule has 1 aliphatic rings. The van der Waals surface area contributed by atoms with Crippen LogP contribution in [0.4, 0.5) is 5.69 Å². The first-order valence-electron chi connectivity index (χ1n) is 5.92. The number of aromatic nitrogens is 1. The van der Waals surface area contributed by atoms with Gasteiger partial charge in [-0.15, -0.1) is 0 Å². The van der Waals surface area contributed by atoms with Crippen LogP contribution in [0.3, 0.4) is 0 Å². The first-order valence-corrected chi connectivity index (χ1v) is 6.30. The summed E-state index contributed by atoms with van der Waals surface area (Å²) in [6, 6.07) is 1.48. The molecule has 1 amide bonds. The summed E-state index contributed by atoms with van der Waals surface area (Å²) in [5.74, 6) is -0.361. The normalized spacial score (nSPS) is 17.7. The first-order chi connectivity index (χ1) is 8.50. The minimum Gasteiger partial charge on any atom is -0.397 e. The van der Waals surface area contributed by atoms with Crippen molar-refractivity contribution < 1.29 is 9.90 Å². The van der Waals surface area contributed by atoms with Gasteiger partial charge >= 0.3 is 0 Å². The third kappa shape index (κ3) is 2.91. The molecular weight excluding hydrogens is 254 g/mol. The molecule has 5 nitrogen and oxygen atoms in total. The van der Waals surface area contributed by atoms with E-state index < -0.39 is 5.60 Å². The van der Waals surface area contributed by atoms with Gasteiger partial charge in [0.15, 0.2) is 0 Å². The van der Waals surface area contributed by atoms with Gasteiger partial charge < -0.3 is 16.2 Å². The molecule has 1 aliphatic carbocycles. The topological polar surface area (TPSA) is 88.2 Å². The predicted octanol–water partition coefficient (Wildman–Crippen LogP) is 1.35. The minimum atomic E-state index is -0.782. The molecule has 6 heteroatoms. The van der Waals surface area contributed by atoms with Crippen LogP contribution >= 0.6 is 11.6 Å². The number of nitrogen functional groups attached to an aromatic ring is 1. The second kappa shape index (κ2) is 5.12. The van der Waals surface area contributed by atoms with Crippen LogP contribution in [0, 0.1) is 0 Å². The predicted molar refractivity (Wildman–Crippen MR) is 69.4 cm³/mol. The Morgan fingerprint density at radius 1 is 1.56 bits per heavy atom. The lowest BCUT2D eigenvalue weighted by atomic mass is 10.0. The van der Waals surface area contributed by atoms with Gasteiger partial charge in [-0.25, -0.2) is 4.98 Å². The molecule has 0 aliphatic heterocycles. The zero-order chi connectivity index (χ0) is 13.2. The van der Waals surface area contributed by atoms with Crippen molar-refractivity contribution in [2.24, 2.45) is 0 Å². The van der Waals surface area contributed by atoms with Crippen molar-refractivity contribution in [2.75, 3.05) is 12.3 Å². The summed E-state index contributed by atoms with van der Waals surface area (Å²) in [4.78, 5) is 15.7. The molecule has 1 saturated carbocycles. The maximum Gasteiger partial charge on any atom is 0.254 e. The molecule has 0 radical (unpaired) electrons. The quantitative estimate of drug-likeness (QED) is 0.723. The SMILES string of the molecule is Nc1cnc(Cl)c(C(=O)NCC2(O)CCCC2)c1. The van der Waals surface area contributed by atoms with Crippen molar-refractivity contribution in [1.29, 1.82) is 0 Å². The molecule has 0 unspecified atom stereocenters. The Labute approximate surface area is 110 Å². The lowest BCUT2D eigenvalue weighted by molar-refractivity contribution is 0.0449. The molecule has 0 bridgehead atoms. The molecule has 18 heavy (non-hydrogen) atoms. The van der Waals surface area contributed by atoms with Gasteiger partial charge in [0.05, 0.1) is 23.0 Å². The summed E-state index contributed by atoms with van der Waals surface area (Å²) in [7, 11) is 0. The van der Waals surface area contributed by atoms with Crippen molar-refractivity contribution in [3.8, 4) is 0 Å². The number of amides is 1. The Balaban J connectivity index is 2.01. The fourth-order valence-corrected chi connectivity index (χ4v) is 2.36. The van der Waals surface area contributed by atoms with Gasteiger partial charge in [-0.05, 0) is 18.9 Å². The van der Waals surface area contributed by atoms with Gasteiger partial charge in [0.25, 0.3) is 5.91 Å². The highest BCUT2D eigenvalue weighted by atomic mass is 35.5. The maximum absolute atomic E-state index is 11.9. The molecule has 4 N–H and O–H groups in total. The molecule has 1 aromatic heterocycles. The van der Waals surface area contributed by atoms with E-state index in [1.807, 2.05) is 0 Å². The summed E-state index contributed by atoms with van der Waals surface area (Å²) < 4.78 is 0. The number of nitrogens with zero attached hydrogens (tertiary/aromatic N) is 1. The number of nitrogens with two attached hydrogens (primary N) is 1. The number of anilines is 1. The van der Waals surface area contributed by atoms with Crippen LogP contribution in [-0.2, 0) is 0 Å². The fraction of sp³-hybridized carbons (Fsp3) is 0.500. The number of halogens is 1. The Morgan fingerprint density at radius 2 is 2.22 bits per heavy atom. The Hall–Kier alpha value is -1.33. The highest BCUT2D eigenvalue weighted by molar-refractivity contribution is 6.32. The molecule has 0 spiro atoms. The van der Waals surface area contributed by atoms with E-state index >= 15 is 0 Å². The molecule has 2 rings (SSSR count). The summed E-state index contributed by atoms with van der Waals surface area (Å²) in [5, 5.41) is 12.9. The minimum absolute atomic E-state index is 0.111. The monoisotopic (exact) mass is 269 g/mol. The van der Waals surface area contributed by atoms with Gasteiger partial charge in [-0.2, -0.15) is 0 Å². The van der Waals surface area contributed by atoms with E-state index in [0.29, 0.717) is 5.69 Å². The average Bonchev–Trinajstić information content (AvgIpc) is 2.77. The number of aliphatic hydroxyl groups is 1. The van der Waals surface area contributed by atoms with Gasteiger partial charge in [-0.3, -0.25) is 4.79 Å². The van der Waals surface area contributed by atoms with Crippen molar-refractivity contribution in [1.82, 2.24) is 10.3 Å². The van der Waals surface area contributed by atoms with E-state index in [1.54, 1.807) is 0 Å². The average molecular weight is 270 g/mol. The third-order valence-electron chi connectivity index (χ3n) is 3.22. The number of rotatable bonds is 3. The number of carbonyl (C=O) groups excluding carboxylic acids is 1. The van der Waals surface area contributed by atoms with Crippen LogP contribution in [0.25, 0.3) is 0 Å². The number of hydrogen-bond acceptors (Lipinski definition) is 4. The summed E-state index contributed by atoms with van der Waals surface area (Å²) in [5.41, 5.74) is 5.39. The maximum atomic E-state index is 11.9. The second-order valence-corrected chi connectivity index (χ2v) is 5.08. The van der Waals surface area contributed by atoms with Crippen molar-refractivity contribution >= 4 is 23.2 Å². The second-order valence-electron chi connectivity index (χ2n) is 4.72. The van der Waals surface area contributed by atoms with Gasteiger partial charge in [0.1, 0.15) is 5.15 Å². The fourth-order valence-electron chi connectivity index (χ4n) is 2.17. The van der Waals surface area contributed by atoms with E-state index in [-0.39, 0.29) is 23.2 Å². The number of hydrogen-bond donors (Lipinski definition) is 3. The smallest absolute Gasteiger partial charge is 0.254 e. The van der Waals surface area contributed by atoms with Crippen molar-refractivity contribution in [2.45, 2.75) is 31.3 Å². The van der Waals surface area contributed by atoms with Gasteiger partial charge in [-0.1, -0.05) is 24.4 Å². The number of pyridine rings is 1. The van der Waals surface area contributed by atoms with Crippen molar-refractivity contribution in [3.05, 3.63) is 23.0 Å². The molecule has 1 aromatic rings. The zero-order valence-electron chi connectivity index (χ0n) is 9.95. The van der Waals surface area contributed by atoms with E-state index in [2.05, 4.69) is 10.3 Å². The van der Waals surface area contributed by atoms with E-state index in [9.17, 15) is 9.90 Å². The highest BCUT2D eigenvalue weighted by Crippen LogP contribution is 2.28. The Kier molecular flexibility index (Phi) is 3.73. The van der Waals surface area contributed by atoms with Crippen LogP contribution in [0.2, 0.25) is 5.15 Å². The van der Waals surface area contributed by atoms with Gasteiger partial charge in [0.2, 0.25) is 0 Å². The number of carbonyl (C=O) groups is 1. The summed E-state index contributed by atoms with van der Waals surface area (Å²) in [6.07, 6.45) is 4.82. The molecule has 0 saturated heterocycles. The summed E-state index contributed by atoms with van der Waals surface area (Å²) >= 11 is 5.83. The Morgan fingerprint density at radius 3 is 2.89 bits per heavy atom. The van der Waals surface area contributed by atoms with Crippen LogP contribution in [-0.4, -0.2) is 28.1 Å². The number of nitrogens with one attached hydrogen (secondary N) is 1. The van der Waals surface area contributed by atoms with Crippen molar-refractivity contribution in [3.63, 3.8) is 0 Å². The van der Waals surface area contributed by atoms with E-state index in [1.165, 1.54) is 12.3 Å². The van der Waals surface area contributed by atoms with Crippen LogP contribution in [0.15, 0.2) is 12.3 Å². The Bertz CT molecular complexity index is 459. The molecule has 1 fully saturated rings. The third-order valence-corrected chi connectivity index (χ3v) is 3.52. The molecular formula is C12H16ClN3O2. The lowest BCUT2D eigenvalue weighted by Crippen LogP contribution is -2.40. The van der Waals surface area contributed by atoms with Crippen LogP contribution in [0.5, 0.6) is 0 Å². The largest absolute Gasteiger partial charge is 0.397 e. The van der Waals surface area contributed by atoms with E-state index in [0.717, 1.165) is 25.7 Å². The summed E-state index contributed by atoms with van der Waals surface area (Å²) in [6.45, 7) is 0.233. The molecule has 98 valence electrons. The molecule has 0 aromatic carbocycles. The molecule has 1 heterocycles. The molecule has 0 atom stereocenters. The lowest BCUT2D eigenvalue weighted by Gasteiger charge is -2.22. The van der Waals surface area contributed by atoms with Gasteiger partial charge in [0, 0.05) is 6.54 Å². The van der Waals surface area contributed by atoms with Crippen LogP contribution in [0.1, 0.15) is 36.0 Å². The highest BCUT2D eigenvalue weighted by Gasteiger charge is 2.31. The van der Waals surface area contributed by atoms with Crippen LogP contribution < -0.4 is 11.1 Å².